The molecule has 16 heavy (non-hydrogen) atoms. The monoisotopic (exact) mass is 229 g/mol. The Hall–Kier alpha value is -1.46. The molecule has 6 heteroatoms. The van der Waals surface area contributed by atoms with Gasteiger partial charge in [0.1, 0.15) is 0 Å². The number of hydrogen-bond acceptors (Lipinski definition) is 3. The third kappa shape index (κ3) is 3.96. The molecule has 1 fully saturated rings. The number of rotatable bonds is 3. The highest BCUT2D eigenvalue weighted by Crippen LogP contribution is 2.16. The number of carbonyl (C=O) groups excluding carboxylic acids is 2. The zero-order valence-corrected chi connectivity index (χ0v) is 9.57. The molecule has 0 bridgehead atoms. The summed E-state index contributed by atoms with van der Waals surface area (Å²) < 4.78 is 4.93. The highest BCUT2D eigenvalue weighted by molar-refractivity contribution is 5.71. The molecule has 1 unspecified atom stereocenters. The summed E-state index contributed by atoms with van der Waals surface area (Å²) in [6, 6.07) is -0.520. The van der Waals surface area contributed by atoms with Gasteiger partial charge in [-0.2, -0.15) is 0 Å². The van der Waals surface area contributed by atoms with E-state index in [1.165, 1.54) is 0 Å². The number of primary amides is 1. The van der Waals surface area contributed by atoms with Crippen molar-refractivity contribution >= 4 is 12.1 Å². The smallest absolute Gasteiger partial charge is 0.409 e. The van der Waals surface area contributed by atoms with Gasteiger partial charge in [0.25, 0.3) is 0 Å². The predicted octanol–water partition coefficient (Wildman–Crippen LogP) is 0.523. The van der Waals surface area contributed by atoms with E-state index in [0.29, 0.717) is 19.7 Å². The van der Waals surface area contributed by atoms with E-state index < -0.39 is 6.03 Å². The third-order valence-corrected chi connectivity index (χ3v) is 2.61. The number of amides is 3. The van der Waals surface area contributed by atoms with Gasteiger partial charge in [0.15, 0.2) is 0 Å². The zero-order valence-electron chi connectivity index (χ0n) is 9.57. The van der Waals surface area contributed by atoms with E-state index in [-0.39, 0.29) is 12.0 Å². The molecule has 3 N–H and O–H groups in total. The van der Waals surface area contributed by atoms with Crippen LogP contribution in [0.5, 0.6) is 0 Å². The average Bonchev–Trinajstić information content (AvgIpc) is 2.27. The molecule has 1 rings (SSSR count). The lowest BCUT2D eigenvalue weighted by atomic mass is 9.98. The minimum Gasteiger partial charge on any atom is -0.450 e. The molecule has 0 aromatic heterocycles. The molecular formula is C10H19N3O3. The Kier molecular flexibility index (Phi) is 4.88. The molecule has 0 aromatic carbocycles. The predicted molar refractivity (Wildman–Crippen MR) is 58.9 cm³/mol. The van der Waals surface area contributed by atoms with E-state index in [9.17, 15) is 9.59 Å². The van der Waals surface area contributed by atoms with Crippen LogP contribution in [0, 0.1) is 5.92 Å². The number of nitrogens with two attached hydrogens (primary N) is 1. The van der Waals surface area contributed by atoms with Crippen LogP contribution in [0.2, 0.25) is 0 Å². The van der Waals surface area contributed by atoms with Crippen LogP contribution in [0.25, 0.3) is 0 Å². The lowest BCUT2D eigenvalue weighted by Gasteiger charge is -2.31. The molecule has 1 aliphatic rings. The minimum absolute atomic E-state index is 0.269. The van der Waals surface area contributed by atoms with Crippen LogP contribution in [-0.2, 0) is 4.74 Å². The van der Waals surface area contributed by atoms with E-state index in [2.05, 4.69) is 5.32 Å². The largest absolute Gasteiger partial charge is 0.450 e. The van der Waals surface area contributed by atoms with Gasteiger partial charge in [-0.05, 0) is 25.7 Å². The van der Waals surface area contributed by atoms with Crippen LogP contribution >= 0.6 is 0 Å². The van der Waals surface area contributed by atoms with E-state index in [1.807, 2.05) is 0 Å². The van der Waals surface area contributed by atoms with Gasteiger partial charge >= 0.3 is 12.1 Å². The molecule has 0 radical (unpaired) electrons. The normalized spacial score (nSPS) is 20.3. The Labute approximate surface area is 95.1 Å². The van der Waals surface area contributed by atoms with Crippen molar-refractivity contribution in [2.75, 3.05) is 26.2 Å². The standard InChI is InChI=1S/C10H19N3O3/c1-2-16-10(15)13-5-3-4-8(7-13)6-12-9(11)14/h8H,2-7H2,1H3,(H3,11,12,14). The summed E-state index contributed by atoms with van der Waals surface area (Å²) >= 11 is 0. The fourth-order valence-electron chi connectivity index (χ4n) is 1.86. The summed E-state index contributed by atoms with van der Waals surface area (Å²) in [5, 5.41) is 2.57. The Balaban J connectivity index is 2.34. The van der Waals surface area contributed by atoms with Gasteiger partial charge in [-0.3, -0.25) is 0 Å². The summed E-state index contributed by atoms with van der Waals surface area (Å²) in [5.74, 6) is 0.269. The van der Waals surface area contributed by atoms with Crippen molar-refractivity contribution < 1.29 is 14.3 Å². The molecule has 1 heterocycles. The van der Waals surface area contributed by atoms with E-state index in [1.54, 1.807) is 11.8 Å². The van der Waals surface area contributed by atoms with Crippen LogP contribution in [0.3, 0.4) is 0 Å². The van der Waals surface area contributed by atoms with Gasteiger partial charge in [-0.1, -0.05) is 0 Å². The van der Waals surface area contributed by atoms with Crippen LogP contribution in [0.1, 0.15) is 19.8 Å². The number of hydrogen-bond donors (Lipinski definition) is 2. The SMILES string of the molecule is CCOC(=O)N1CCCC(CNC(N)=O)C1. The van der Waals surface area contributed by atoms with E-state index in [4.69, 9.17) is 10.5 Å². The van der Waals surface area contributed by atoms with Gasteiger partial charge < -0.3 is 20.7 Å². The number of nitrogens with zero attached hydrogens (tertiary/aromatic N) is 1. The molecule has 1 atom stereocenters. The lowest BCUT2D eigenvalue weighted by Crippen LogP contribution is -2.44. The quantitative estimate of drug-likeness (QED) is 0.740. The summed E-state index contributed by atoms with van der Waals surface area (Å²) in [6.45, 7) is 4.05. The number of piperidine rings is 1. The maximum Gasteiger partial charge on any atom is 0.409 e. The Bertz CT molecular complexity index is 258. The second-order valence-electron chi connectivity index (χ2n) is 3.90. The first-order chi connectivity index (χ1) is 7.63. The van der Waals surface area contributed by atoms with Crippen molar-refractivity contribution in [1.82, 2.24) is 10.2 Å². The van der Waals surface area contributed by atoms with Crippen LogP contribution < -0.4 is 11.1 Å². The highest BCUT2D eigenvalue weighted by atomic mass is 16.6. The minimum atomic E-state index is -0.520. The number of carbonyl (C=O) groups is 2. The third-order valence-electron chi connectivity index (χ3n) is 2.61. The fourth-order valence-corrected chi connectivity index (χ4v) is 1.86. The zero-order chi connectivity index (χ0) is 12.0. The molecule has 6 nitrogen and oxygen atoms in total. The van der Waals surface area contributed by atoms with Crippen molar-refractivity contribution in [1.29, 1.82) is 0 Å². The van der Waals surface area contributed by atoms with Crippen LogP contribution in [-0.4, -0.2) is 43.3 Å². The van der Waals surface area contributed by atoms with Crippen molar-refractivity contribution in [3.8, 4) is 0 Å². The molecule has 1 saturated heterocycles. The van der Waals surface area contributed by atoms with Gasteiger partial charge in [0.2, 0.25) is 0 Å². The van der Waals surface area contributed by atoms with Gasteiger partial charge in [-0.15, -0.1) is 0 Å². The highest BCUT2D eigenvalue weighted by Gasteiger charge is 2.24. The second kappa shape index (κ2) is 6.19. The first kappa shape index (κ1) is 12.6. The summed E-state index contributed by atoms with van der Waals surface area (Å²) in [6.07, 6.45) is 1.66. The molecular weight excluding hydrogens is 210 g/mol. The maximum absolute atomic E-state index is 11.5. The number of likely N-dealkylation sites (tertiary alicyclic amines) is 1. The fraction of sp³-hybridized carbons (Fsp3) is 0.800. The van der Waals surface area contributed by atoms with Gasteiger partial charge in [0.05, 0.1) is 6.61 Å². The Morgan fingerprint density at radius 1 is 1.56 bits per heavy atom. The van der Waals surface area contributed by atoms with Crippen molar-refractivity contribution in [2.24, 2.45) is 11.7 Å². The summed E-state index contributed by atoms with van der Waals surface area (Å²) in [4.78, 5) is 23.7. The number of ether oxygens (including phenoxy) is 1. The summed E-state index contributed by atoms with van der Waals surface area (Å²) in [7, 11) is 0. The van der Waals surface area contributed by atoms with Crippen LogP contribution in [0.4, 0.5) is 9.59 Å². The molecule has 0 saturated carbocycles. The molecule has 0 aromatic rings. The van der Waals surface area contributed by atoms with Gasteiger partial charge in [0, 0.05) is 19.6 Å². The molecule has 0 spiro atoms. The average molecular weight is 229 g/mol. The molecule has 3 amide bonds. The summed E-state index contributed by atoms with van der Waals surface area (Å²) in [5.41, 5.74) is 5.00. The lowest BCUT2D eigenvalue weighted by molar-refractivity contribution is 0.0886. The second-order valence-corrected chi connectivity index (χ2v) is 3.90. The first-order valence-electron chi connectivity index (χ1n) is 5.58. The number of urea groups is 1. The van der Waals surface area contributed by atoms with Crippen LogP contribution in [0.15, 0.2) is 0 Å². The van der Waals surface area contributed by atoms with Crippen molar-refractivity contribution in [3.05, 3.63) is 0 Å². The van der Waals surface area contributed by atoms with Crippen molar-refractivity contribution in [3.63, 3.8) is 0 Å². The molecule has 0 aliphatic carbocycles. The van der Waals surface area contributed by atoms with E-state index in [0.717, 1.165) is 19.4 Å². The topological polar surface area (TPSA) is 84.7 Å². The molecule has 92 valence electrons. The number of nitrogens with one attached hydrogen (secondary N) is 1. The van der Waals surface area contributed by atoms with Gasteiger partial charge in [-0.25, -0.2) is 9.59 Å². The Morgan fingerprint density at radius 2 is 2.31 bits per heavy atom. The molecule has 1 aliphatic heterocycles. The van der Waals surface area contributed by atoms with Crippen molar-refractivity contribution in [2.45, 2.75) is 19.8 Å². The first-order valence-corrected chi connectivity index (χ1v) is 5.58. The maximum atomic E-state index is 11.5. The Morgan fingerprint density at radius 3 is 2.94 bits per heavy atom. The van der Waals surface area contributed by atoms with E-state index >= 15 is 0 Å².